The minimum atomic E-state index is 0.498. The van der Waals surface area contributed by atoms with E-state index in [-0.39, 0.29) is 0 Å². The molecule has 3 nitrogen and oxygen atoms in total. The van der Waals surface area contributed by atoms with Gasteiger partial charge in [0.15, 0.2) is 0 Å². The van der Waals surface area contributed by atoms with Gasteiger partial charge in [-0.2, -0.15) is 0 Å². The summed E-state index contributed by atoms with van der Waals surface area (Å²) in [7, 11) is 0. The molecule has 2 aromatic heterocycles. The Kier molecular flexibility index (Phi) is 3.02. The van der Waals surface area contributed by atoms with Crippen LogP contribution in [-0.2, 0) is 6.42 Å². The van der Waals surface area contributed by atoms with Gasteiger partial charge in [-0.25, -0.2) is 9.97 Å². The van der Waals surface area contributed by atoms with E-state index in [2.05, 4.69) is 21.9 Å². The Bertz CT molecular complexity index is 437. The molecule has 0 fully saturated rings. The molecule has 2 rings (SSSR count). The second-order valence-electron chi connectivity index (χ2n) is 3.33. The van der Waals surface area contributed by atoms with Crippen LogP contribution in [0.15, 0.2) is 24.4 Å². The summed E-state index contributed by atoms with van der Waals surface area (Å²) in [4.78, 5) is 11.7. The van der Waals surface area contributed by atoms with Gasteiger partial charge in [0, 0.05) is 18.7 Å². The highest BCUT2D eigenvalue weighted by Crippen LogP contribution is 2.18. The van der Waals surface area contributed by atoms with E-state index in [9.17, 15) is 0 Å². The van der Waals surface area contributed by atoms with Gasteiger partial charge in [0.05, 0.1) is 11.4 Å². The van der Waals surface area contributed by atoms with Gasteiger partial charge in [0.2, 0.25) is 0 Å². The molecule has 1 N–H and O–H groups in total. The van der Waals surface area contributed by atoms with Crippen molar-refractivity contribution in [1.82, 2.24) is 15.0 Å². The van der Waals surface area contributed by atoms with Crippen molar-refractivity contribution in [2.75, 3.05) is 0 Å². The third kappa shape index (κ3) is 2.36. The second kappa shape index (κ2) is 4.45. The summed E-state index contributed by atoms with van der Waals surface area (Å²) < 4.78 is 0. The van der Waals surface area contributed by atoms with E-state index in [4.69, 9.17) is 11.6 Å². The number of aromatic amines is 1. The van der Waals surface area contributed by atoms with E-state index < -0.39 is 0 Å². The second-order valence-corrected chi connectivity index (χ2v) is 3.71. The van der Waals surface area contributed by atoms with Crippen molar-refractivity contribution >= 4 is 11.6 Å². The summed E-state index contributed by atoms with van der Waals surface area (Å²) in [5, 5.41) is 0.498. The van der Waals surface area contributed by atoms with Crippen molar-refractivity contribution < 1.29 is 0 Å². The van der Waals surface area contributed by atoms with Gasteiger partial charge in [0.1, 0.15) is 11.0 Å². The molecule has 0 aliphatic heterocycles. The lowest BCUT2D eigenvalue weighted by molar-refractivity contribution is 0.836. The Balaban J connectivity index is 2.40. The molecule has 0 bridgehead atoms. The average molecular weight is 222 g/mol. The Morgan fingerprint density at radius 1 is 1.40 bits per heavy atom. The van der Waals surface area contributed by atoms with E-state index >= 15 is 0 Å². The van der Waals surface area contributed by atoms with Gasteiger partial charge in [-0.05, 0) is 18.6 Å². The fourth-order valence-electron chi connectivity index (χ4n) is 1.43. The fourth-order valence-corrected chi connectivity index (χ4v) is 1.63. The van der Waals surface area contributed by atoms with E-state index in [1.807, 2.05) is 18.3 Å². The zero-order valence-electron chi connectivity index (χ0n) is 8.50. The Morgan fingerprint density at radius 2 is 2.27 bits per heavy atom. The first-order chi connectivity index (χ1) is 7.29. The third-order valence-corrected chi connectivity index (χ3v) is 2.28. The maximum atomic E-state index is 5.94. The number of H-pyrrole nitrogens is 1. The molecule has 0 unspecified atom stereocenters. The van der Waals surface area contributed by atoms with E-state index in [1.54, 1.807) is 6.07 Å². The number of hydrogen-bond donors (Lipinski definition) is 1. The van der Waals surface area contributed by atoms with Gasteiger partial charge >= 0.3 is 0 Å². The number of hydrogen-bond acceptors (Lipinski definition) is 2. The summed E-state index contributed by atoms with van der Waals surface area (Å²) in [5.41, 5.74) is 1.82. The zero-order chi connectivity index (χ0) is 10.7. The van der Waals surface area contributed by atoms with Crippen molar-refractivity contribution in [3.63, 3.8) is 0 Å². The van der Waals surface area contributed by atoms with Crippen molar-refractivity contribution in [2.24, 2.45) is 0 Å². The minimum absolute atomic E-state index is 0.498. The van der Waals surface area contributed by atoms with E-state index in [0.717, 1.165) is 30.1 Å². The normalized spacial score (nSPS) is 10.5. The summed E-state index contributed by atoms with van der Waals surface area (Å²) in [6, 6.07) is 5.67. The lowest BCUT2D eigenvalue weighted by Crippen LogP contribution is -1.96. The first kappa shape index (κ1) is 10.2. The molecule has 0 aliphatic rings. The molecule has 0 atom stereocenters. The number of nitrogens with zero attached hydrogens (tertiary/aromatic N) is 2. The molecule has 2 aromatic rings. The number of aryl methyl sites for hydroxylation is 1. The summed E-state index contributed by atoms with van der Waals surface area (Å²) >= 11 is 5.94. The molecular formula is C11H12ClN3. The summed E-state index contributed by atoms with van der Waals surface area (Å²) in [6.07, 6.45) is 3.74. The van der Waals surface area contributed by atoms with Gasteiger partial charge in [-0.3, -0.25) is 0 Å². The maximum Gasteiger partial charge on any atom is 0.133 e. The van der Waals surface area contributed by atoms with Crippen molar-refractivity contribution in [3.05, 3.63) is 35.4 Å². The molecule has 15 heavy (non-hydrogen) atoms. The maximum absolute atomic E-state index is 5.94. The first-order valence-electron chi connectivity index (χ1n) is 4.97. The molecule has 0 radical (unpaired) electrons. The van der Waals surface area contributed by atoms with Gasteiger partial charge in [-0.1, -0.05) is 18.5 Å². The zero-order valence-corrected chi connectivity index (χ0v) is 9.25. The van der Waals surface area contributed by atoms with Crippen LogP contribution in [0.2, 0.25) is 5.15 Å². The third-order valence-electron chi connectivity index (χ3n) is 2.09. The highest BCUT2D eigenvalue weighted by Gasteiger charge is 2.05. The molecule has 0 aromatic carbocycles. The first-order valence-corrected chi connectivity index (χ1v) is 5.34. The Labute approximate surface area is 93.5 Å². The molecule has 0 amide bonds. The summed E-state index contributed by atoms with van der Waals surface area (Å²) in [5.74, 6) is 0.801. The van der Waals surface area contributed by atoms with Crippen molar-refractivity contribution in [2.45, 2.75) is 19.8 Å². The van der Waals surface area contributed by atoms with Crippen LogP contribution in [-0.4, -0.2) is 15.0 Å². The highest BCUT2D eigenvalue weighted by molar-refractivity contribution is 6.29. The standard InChI is InChI=1S/C11H12ClN3/c1-2-4-11-14-9(7-10(12)15-11)8-5-3-6-13-8/h3,5-7,13H,2,4H2,1H3. The van der Waals surface area contributed by atoms with E-state index in [1.165, 1.54) is 0 Å². The number of nitrogens with one attached hydrogen (secondary N) is 1. The molecule has 2 heterocycles. The van der Waals surface area contributed by atoms with Crippen LogP contribution in [0.1, 0.15) is 19.2 Å². The SMILES string of the molecule is CCCc1nc(Cl)cc(-c2ccc[nH]2)n1. The van der Waals surface area contributed by atoms with Crippen LogP contribution < -0.4 is 0 Å². The van der Waals surface area contributed by atoms with Crippen LogP contribution in [0.25, 0.3) is 11.4 Å². The molecular weight excluding hydrogens is 210 g/mol. The molecule has 0 aliphatic carbocycles. The van der Waals surface area contributed by atoms with Crippen LogP contribution in [0.3, 0.4) is 0 Å². The summed E-state index contributed by atoms with van der Waals surface area (Å²) in [6.45, 7) is 2.10. The number of aromatic nitrogens is 3. The molecule has 0 spiro atoms. The average Bonchev–Trinajstić information content (AvgIpc) is 2.70. The van der Waals surface area contributed by atoms with Gasteiger partial charge < -0.3 is 4.98 Å². The minimum Gasteiger partial charge on any atom is -0.360 e. The van der Waals surface area contributed by atoms with Crippen LogP contribution >= 0.6 is 11.6 Å². The van der Waals surface area contributed by atoms with Crippen molar-refractivity contribution in [3.8, 4) is 11.4 Å². The fraction of sp³-hybridized carbons (Fsp3) is 0.273. The lowest BCUT2D eigenvalue weighted by Gasteiger charge is -2.02. The molecule has 0 saturated carbocycles. The lowest BCUT2D eigenvalue weighted by atomic mass is 10.2. The van der Waals surface area contributed by atoms with E-state index in [0.29, 0.717) is 5.15 Å². The Morgan fingerprint density at radius 3 is 2.93 bits per heavy atom. The molecule has 78 valence electrons. The van der Waals surface area contributed by atoms with Crippen LogP contribution in [0, 0.1) is 0 Å². The van der Waals surface area contributed by atoms with Gasteiger partial charge in [-0.15, -0.1) is 0 Å². The molecule has 4 heteroatoms. The topological polar surface area (TPSA) is 41.6 Å². The van der Waals surface area contributed by atoms with Crippen LogP contribution in [0.4, 0.5) is 0 Å². The largest absolute Gasteiger partial charge is 0.360 e. The molecule has 0 saturated heterocycles. The monoisotopic (exact) mass is 221 g/mol. The van der Waals surface area contributed by atoms with Crippen LogP contribution in [0.5, 0.6) is 0 Å². The Hall–Kier alpha value is -1.35. The quantitative estimate of drug-likeness (QED) is 0.810. The number of rotatable bonds is 3. The highest BCUT2D eigenvalue weighted by atomic mass is 35.5. The number of halogens is 1. The predicted octanol–water partition coefficient (Wildman–Crippen LogP) is 3.08. The van der Waals surface area contributed by atoms with Crippen molar-refractivity contribution in [1.29, 1.82) is 0 Å². The smallest absolute Gasteiger partial charge is 0.133 e. The van der Waals surface area contributed by atoms with Gasteiger partial charge in [0.25, 0.3) is 0 Å². The predicted molar refractivity (Wildman–Crippen MR) is 60.8 cm³/mol.